The first-order chi connectivity index (χ1) is 20.6. The summed E-state index contributed by atoms with van der Waals surface area (Å²) in [5.74, 6) is -0.165. The number of carbonyl (C=O) groups excluding carboxylic acids is 1. The highest BCUT2D eigenvalue weighted by Crippen LogP contribution is 2.33. The van der Waals surface area contributed by atoms with E-state index >= 15 is 0 Å². The van der Waals surface area contributed by atoms with E-state index < -0.39 is 22.5 Å². The number of thiazole rings is 1. The maximum absolute atomic E-state index is 14.0. The van der Waals surface area contributed by atoms with Crippen LogP contribution in [0.5, 0.6) is 5.75 Å². The lowest BCUT2D eigenvalue weighted by Gasteiger charge is -2.24. The van der Waals surface area contributed by atoms with Gasteiger partial charge in [0, 0.05) is 27.2 Å². The van der Waals surface area contributed by atoms with Crippen LogP contribution in [0, 0.1) is 17.0 Å². The number of benzene rings is 3. The van der Waals surface area contributed by atoms with E-state index in [0.717, 1.165) is 16.9 Å². The predicted molar refractivity (Wildman–Crippen MR) is 165 cm³/mol. The normalized spacial score (nSPS) is 14.7. The van der Waals surface area contributed by atoms with Gasteiger partial charge in [-0.2, -0.15) is 0 Å². The molecule has 1 aromatic heterocycles. The van der Waals surface area contributed by atoms with Crippen molar-refractivity contribution in [1.29, 1.82) is 0 Å². The van der Waals surface area contributed by atoms with Gasteiger partial charge < -0.3 is 9.47 Å². The second kappa shape index (κ2) is 12.5. The maximum Gasteiger partial charge on any atom is 0.338 e. The summed E-state index contributed by atoms with van der Waals surface area (Å²) in [5, 5.41) is 12.8. The third kappa shape index (κ3) is 6.27. The molecule has 0 radical (unpaired) electrons. The van der Waals surface area contributed by atoms with Crippen molar-refractivity contribution in [2.75, 3.05) is 6.61 Å². The zero-order chi connectivity index (χ0) is 30.8. The van der Waals surface area contributed by atoms with Crippen LogP contribution in [0.2, 0.25) is 10.0 Å². The molecule has 9 nitrogen and oxygen atoms in total. The summed E-state index contributed by atoms with van der Waals surface area (Å²) in [4.78, 5) is 43.3. The summed E-state index contributed by atoms with van der Waals surface area (Å²) in [6.07, 6.45) is 1.65. The van der Waals surface area contributed by atoms with Gasteiger partial charge in [0.2, 0.25) is 0 Å². The molecule has 0 saturated carbocycles. The number of hydrogen-bond acceptors (Lipinski definition) is 8. The van der Waals surface area contributed by atoms with Crippen LogP contribution in [0.1, 0.15) is 42.1 Å². The molecule has 0 amide bonds. The van der Waals surface area contributed by atoms with Gasteiger partial charge in [-0.1, -0.05) is 58.8 Å². The standard InChI is InChI=1S/C31H25Cl2N3O6S/c1-4-41-30(38)27-18(3)34-31-35(28(27)20-9-8-17(2)24(14-20)36(39)40)29(37)26(43-31)15-21-13-23(33)10-11-25(21)42-16-19-6-5-7-22(32)12-19/h5-15,28H,4,16H2,1-3H3/b26-15+/t28-/m1/s1. The molecule has 3 aromatic carbocycles. The number of aryl methyl sites for hydroxylation is 1. The van der Waals surface area contributed by atoms with Gasteiger partial charge in [-0.15, -0.1) is 0 Å². The highest BCUT2D eigenvalue weighted by Gasteiger charge is 2.34. The summed E-state index contributed by atoms with van der Waals surface area (Å²) in [6, 6.07) is 16.0. The van der Waals surface area contributed by atoms with Crippen LogP contribution in [-0.4, -0.2) is 22.1 Å². The Bertz CT molecular complexity index is 1980. The zero-order valence-corrected chi connectivity index (χ0v) is 25.6. The molecule has 1 aliphatic rings. The van der Waals surface area contributed by atoms with Gasteiger partial charge in [-0.3, -0.25) is 19.5 Å². The SMILES string of the molecule is CCOC(=O)C1=C(C)N=c2s/c(=C/c3cc(Cl)ccc3OCc3cccc(Cl)c3)c(=O)n2[C@@H]1c1ccc(C)c([N+](=O)[O-])c1. The Balaban J connectivity index is 1.65. The molecule has 4 aromatic rings. The van der Waals surface area contributed by atoms with Crippen molar-refractivity contribution >= 4 is 52.3 Å². The number of carbonyl (C=O) groups is 1. The van der Waals surface area contributed by atoms with Gasteiger partial charge in [0.05, 0.1) is 33.4 Å². The zero-order valence-electron chi connectivity index (χ0n) is 23.3. The summed E-state index contributed by atoms with van der Waals surface area (Å²) in [7, 11) is 0. The van der Waals surface area contributed by atoms with E-state index in [4.69, 9.17) is 32.7 Å². The molecule has 0 fully saturated rings. The number of nitrogens with zero attached hydrogens (tertiary/aromatic N) is 3. The molecule has 2 heterocycles. The Morgan fingerprint density at radius 3 is 2.60 bits per heavy atom. The van der Waals surface area contributed by atoms with Gasteiger partial charge >= 0.3 is 5.97 Å². The number of nitro groups is 1. The van der Waals surface area contributed by atoms with Crippen molar-refractivity contribution in [2.45, 2.75) is 33.4 Å². The minimum atomic E-state index is -0.991. The fourth-order valence-electron chi connectivity index (χ4n) is 4.79. The van der Waals surface area contributed by atoms with Crippen molar-refractivity contribution in [2.24, 2.45) is 4.99 Å². The fourth-order valence-corrected chi connectivity index (χ4v) is 6.22. The number of aromatic nitrogens is 1. The lowest BCUT2D eigenvalue weighted by molar-refractivity contribution is -0.385. The second-order valence-corrected chi connectivity index (χ2v) is 11.6. The summed E-state index contributed by atoms with van der Waals surface area (Å²) in [6.45, 7) is 5.29. The Kier molecular flexibility index (Phi) is 8.82. The van der Waals surface area contributed by atoms with Gasteiger partial charge in [0.25, 0.3) is 11.2 Å². The molecule has 1 aliphatic heterocycles. The maximum atomic E-state index is 14.0. The fraction of sp³-hybridized carbons (Fsp3) is 0.194. The minimum absolute atomic E-state index is 0.105. The van der Waals surface area contributed by atoms with Crippen molar-refractivity contribution in [1.82, 2.24) is 4.57 Å². The van der Waals surface area contributed by atoms with E-state index in [1.165, 1.54) is 10.6 Å². The Hall–Kier alpha value is -4.25. The van der Waals surface area contributed by atoms with Crippen LogP contribution in [0.4, 0.5) is 5.69 Å². The molecule has 0 N–H and O–H groups in total. The van der Waals surface area contributed by atoms with E-state index in [1.807, 2.05) is 12.1 Å². The largest absolute Gasteiger partial charge is 0.488 e. The monoisotopic (exact) mass is 637 g/mol. The lowest BCUT2D eigenvalue weighted by atomic mass is 9.94. The van der Waals surface area contributed by atoms with Gasteiger partial charge in [-0.25, -0.2) is 9.79 Å². The number of ether oxygens (including phenoxy) is 2. The lowest BCUT2D eigenvalue weighted by Crippen LogP contribution is -2.40. The van der Waals surface area contributed by atoms with Crippen molar-refractivity contribution < 1.29 is 19.2 Å². The number of hydrogen-bond donors (Lipinski definition) is 0. The predicted octanol–water partition coefficient (Wildman–Crippen LogP) is 5.90. The van der Waals surface area contributed by atoms with E-state index in [-0.39, 0.29) is 24.5 Å². The molecular weight excluding hydrogens is 613 g/mol. The van der Waals surface area contributed by atoms with Crippen LogP contribution >= 0.6 is 34.5 Å². The van der Waals surface area contributed by atoms with Crippen LogP contribution in [0.3, 0.4) is 0 Å². The van der Waals surface area contributed by atoms with Crippen molar-refractivity contribution in [3.63, 3.8) is 0 Å². The quantitative estimate of drug-likeness (QED) is 0.135. The third-order valence-corrected chi connectivity index (χ3v) is 8.26. The van der Waals surface area contributed by atoms with Crippen LogP contribution < -0.4 is 19.6 Å². The van der Waals surface area contributed by atoms with E-state index in [2.05, 4.69) is 4.99 Å². The number of halogens is 2. The Morgan fingerprint density at radius 1 is 1.12 bits per heavy atom. The average molecular weight is 639 g/mol. The molecule has 0 spiro atoms. The first-order valence-corrected chi connectivity index (χ1v) is 14.8. The molecule has 5 rings (SSSR count). The summed E-state index contributed by atoms with van der Waals surface area (Å²) >= 11 is 13.5. The highest BCUT2D eigenvalue weighted by molar-refractivity contribution is 7.07. The van der Waals surface area contributed by atoms with E-state index in [9.17, 15) is 19.7 Å². The van der Waals surface area contributed by atoms with Crippen LogP contribution in [-0.2, 0) is 16.1 Å². The van der Waals surface area contributed by atoms with Crippen molar-refractivity contribution in [3.05, 3.63) is 134 Å². The number of fused-ring (bicyclic) bond motifs is 1. The van der Waals surface area contributed by atoms with E-state index in [1.54, 1.807) is 69.3 Å². The minimum Gasteiger partial charge on any atom is -0.488 e. The third-order valence-electron chi connectivity index (χ3n) is 6.80. The topological polar surface area (TPSA) is 113 Å². The average Bonchev–Trinajstić information content (AvgIpc) is 3.26. The Labute approximate surface area is 260 Å². The van der Waals surface area contributed by atoms with Gasteiger partial charge in [0.1, 0.15) is 12.4 Å². The molecule has 0 bridgehead atoms. The number of esters is 1. The number of allylic oxidation sites excluding steroid dienone is 1. The molecule has 220 valence electrons. The van der Waals surface area contributed by atoms with Gasteiger partial charge in [0.15, 0.2) is 4.80 Å². The number of nitro benzene ring substituents is 1. The number of rotatable bonds is 8. The molecule has 0 unspecified atom stereocenters. The molecule has 1 atom stereocenters. The molecule has 0 saturated heterocycles. The van der Waals surface area contributed by atoms with Crippen molar-refractivity contribution in [3.8, 4) is 5.75 Å². The molecule has 0 aliphatic carbocycles. The van der Waals surface area contributed by atoms with Crippen LogP contribution in [0.25, 0.3) is 6.08 Å². The highest BCUT2D eigenvalue weighted by atomic mass is 35.5. The molecule has 12 heteroatoms. The summed E-state index contributed by atoms with van der Waals surface area (Å²) < 4.78 is 13.1. The molecular formula is C31H25Cl2N3O6S. The first kappa shape index (κ1) is 30.2. The second-order valence-electron chi connectivity index (χ2n) is 9.71. The Morgan fingerprint density at radius 2 is 1.88 bits per heavy atom. The summed E-state index contributed by atoms with van der Waals surface area (Å²) in [5.41, 5.74) is 2.18. The van der Waals surface area contributed by atoms with E-state index in [0.29, 0.717) is 47.5 Å². The first-order valence-electron chi connectivity index (χ1n) is 13.2. The van der Waals surface area contributed by atoms with Gasteiger partial charge in [-0.05, 0) is 68.3 Å². The van der Waals surface area contributed by atoms with Crippen LogP contribution in [0.15, 0.2) is 81.7 Å². The smallest absolute Gasteiger partial charge is 0.338 e. The molecule has 43 heavy (non-hydrogen) atoms.